The second kappa shape index (κ2) is 10.2. The third-order valence-corrected chi connectivity index (χ3v) is 5.23. The molecule has 1 atom stereocenters. The smallest absolute Gasteiger partial charge is 0.295 e. The number of carbonyl (C=O) groups excluding carboxylic acids is 2. The van der Waals surface area contributed by atoms with Crippen LogP contribution in [0.25, 0.3) is 5.76 Å². The lowest BCUT2D eigenvalue weighted by Crippen LogP contribution is -2.35. The molecule has 7 heteroatoms. The van der Waals surface area contributed by atoms with Crippen molar-refractivity contribution in [3.05, 3.63) is 77.9 Å². The number of benzene rings is 2. The second-order valence-corrected chi connectivity index (χ2v) is 7.70. The first kappa shape index (κ1) is 23.1. The van der Waals surface area contributed by atoms with Crippen molar-refractivity contribution in [3.63, 3.8) is 0 Å². The van der Waals surface area contributed by atoms with Crippen molar-refractivity contribution < 1.29 is 24.2 Å². The topological polar surface area (TPSA) is 79.3 Å². The van der Waals surface area contributed by atoms with Gasteiger partial charge in [0.05, 0.1) is 18.7 Å². The van der Waals surface area contributed by atoms with E-state index in [9.17, 15) is 14.7 Å². The predicted molar refractivity (Wildman–Crippen MR) is 123 cm³/mol. The van der Waals surface area contributed by atoms with E-state index in [1.165, 1.54) is 4.90 Å². The SMILES string of the molecule is C=CCOc1ccc(C(O)=C2C(=O)C(=O)N(CCN(C)C)C2c2cccc(OC)c2)cc1. The highest BCUT2D eigenvalue weighted by Gasteiger charge is 2.46. The molecule has 1 aliphatic heterocycles. The highest BCUT2D eigenvalue weighted by Crippen LogP contribution is 2.40. The minimum atomic E-state index is -0.721. The summed E-state index contributed by atoms with van der Waals surface area (Å²) >= 11 is 0. The summed E-state index contributed by atoms with van der Waals surface area (Å²) in [6.45, 7) is 4.88. The summed E-state index contributed by atoms with van der Waals surface area (Å²) < 4.78 is 10.8. The molecule has 0 aromatic heterocycles. The van der Waals surface area contributed by atoms with Gasteiger partial charge in [0.2, 0.25) is 0 Å². The van der Waals surface area contributed by atoms with Crippen molar-refractivity contribution in [3.8, 4) is 11.5 Å². The van der Waals surface area contributed by atoms with Crippen molar-refractivity contribution >= 4 is 17.4 Å². The molecule has 2 aromatic rings. The zero-order valence-corrected chi connectivity index (χ0v) is 18.6. The highest BCUT2D eigenvalue weighted by atomic mass is 16.5. The fourth-order valence-electron chi connectivity index (χ4n) is 3.60. The number of rotatable bonds is 9. The van der Waals surface area contributed by atoms with Crippen LogP contribution in [0.4, 0.5) is 0 Å². The summed E-state index contributed by atoms with van der Waals surface area (Å²) in [5.74, 6) is -0.353. The molecule has 0 bridgehead atoms. The predicted octanol–water partition coefficient (Wildman–Crippen LogP) is 3.24. The van der Waals surface area contributed by atoms with Crippen molar-refractivity contribution in [1.82, 2.24) is 9.80 Å². The van der Waals surface area contributed by atoms with E-state index in [-0.39, 0.29) is 11.3 Å². The van der Waals surface area contributed by atoms with Gasteiger partial charge in [0.1, 0.15) is 23.9 Å². The van der Waals surface area contributed by atoms with Gasteiger partial charge in [-0.05, 0) is 56.1 Å². The molecule has 1 saturated heterocycles. The summed E-state index contributed by atoms with van der Waals surface area (Å²) in [4.78, 5) is 29.4. The number of ether oxygens (including phenoxy) is 2. The number of hydrogen-bond acceptors (Lipinski definition) is 6. The lowest BCUT2D eigenvalue weighted by molar-refractivity contribution is -0.140. The summed E-state index contributed by atoms with van der Waals surface area (Å²) in [5.41, 5.74) is 1.17. The fourth-order valence-corrected chi connectivity index (χ4v) is 3.60. The van der Waals surface area contributed by atoms with Crippen molar-refractivity contribution in [2.75, 3.05) is 40.9 Å². The van der Waals surface area contributed by atoms with Crippen LogP contribution in [0, 0.1) is 0 Å². The number of ketones is 1. The molecule has 1 amide bonds. The Bertz CT molecular complexity index is 1030. The molecule has 0 spiro atoms. The van der Waals surface area contributed by atoms with Gasteiger partial charge in [-0.1, -0.05) is 24.8 Å². The highest BCUT2D eigenvalue weighted by molar-refractivity contribution is 6.46. The van der Waals surface area contributed by atoms with Crippen LogP contribution in [0.2, 0.25) is 0 Å². The number of Topliss-reactive ketones (excluding diaryl/α,β-unsaturated/α-hetero) is 1. The van der Waals surface area contributed by atoms with Crippen LogP contribution in [-0.4, -0.2) is 67.5 Å². The van der Waals surface area contributed by atoms with E-state index in [0.717, 1.165) is 0 Å². The van der Waals surface area contributed by atoms with Crippen LogP contribution in [0.3, 0.4) is 0 Å². The van der Waals surface area contributed by atoms with Crippen LogP contribution in [0.15, 0.2) is 66.8 Å². The molecule has 1 unspecified atom stereocenters. The van der Waals surface area contributed by atoms with E-state index < -0.39 is 17.7 Å². The molecule has 1 aliphatic rings. The van der Waals surface area contributed by atoms with Crippen LogP contribution >= 0.6 is 0 Å². The Morgan fingerprint density at radius 2 is 1.88 bits per heavy atom. The number of likely N-dealkylation sites (N-methyl/N-ethyl adjacent to an activating group) is 1. The number of hydrogen-bond donors (Lipinski definition) is 1. The zero-order valence-electron chi connectivity index (χ0n) is 18.6. The van der Waals surface area contributed by atoms with Crippen LogP contribution in [0.5, 0.6) is 11.5 Å². The van der Waals surface area contributed by atoms with E-state index >= 15 is 0 Å². The Kier molecular flexibility index (Phi) is 7.33. The van der Waals surface area contributed by atoms with Gasteiger partial charge in [-0.2, -0.15) is 0 Å². The average Bonchev–Trinajstić information content (AvgIpc) is 3.06. The van der Waals surface area contributed by atoms with Gasteiger partial charge in [-0.3, -0.25) is 9.59 Å². The molecule has 3 rings (SSSR count). The molecular weight excluding hydrogens is 408 g/mol. The lowest BCUT2D eigenvalue weighted by atomic mass is 9.95. The molecule has 2 aromatic carbocycles. The third kappa shape index (κ3) is 4.84. The molecule has 1 heterocycles. The number of aliphatic hydroxyl groups excluding tert-OH is 1. The Morgan fingerprint density at radius 1 is 1.16 bits per heavy atom. The molecule has 0 saturated carbocycles. The van der Waals surface area contributed by atoms with E-state index in [0.29, 0.717) is 42.3 Å². The van der Waals surface area contributed by atoms with E-state index in [2.05, 4.69) is 6.58 Å². The normalized spacial score (nSPS) is 17.6. The number of methoxy groups -OCH3 is 1. The zero-order chi connectivity index (χ0) is 23.3. The minimum Gasteiger partial charge on any atom is -0.507 e. The van der Waals surface area contributed by atoms with Gasteiger partial charge in [-0.15, -0.1) is 0 Å². The molecule has 0 radical (unpaired) electrons. The maximum atomic E-state index is 13.0. The maximum absolute atomic E-state index is 13.0. The van der Waals surface area contributed by atoms with Crippen molar-refractivity contribution in [1.29, 1.82) is 0 Å². The molecule has 0 aliphatic carbocycles. The summed E-state index contributed by atoms with van der Waals surface area (Å²) in [6, 6.07) is 13.2. The van der Waals surface area contributed by atoms with Gasteiger partial charge < -0.3 is 24.4 Å². The minimum absolute atomic E-state index is 0.0572. The molecule has 32 heavy (non-hydrogen) atoms. The van der Waals surface area contributed by atoms with Gasteiger partial charge in [0.15, 0.2) is 0 Å². The number of amides is 1. The van der Waals surface area contributed by atoms with Crippen molar-refractivity contribution in [2.45, 2.75) is 6.04 Å². The van der Waals surface area contributed by atoms with Gasteiger partial charge >= 0.3 is 0 Å². The first-order valence-electron chi connectivity index (χ1n) is 10.3. The first-order valence-corrected chi connectivity index (χ1v) is 10.3. The fraction of sp³-hybridized carbons (Fsp3) is 0.280. The summed E-state index contributed by atoms with van der Waals surface area (Å²) in [5, 5.41) is 11.1. The van der Waals surface area contributed by atoms with Gasteiger partial charge in [0.25, 0.3) is 11.7 Å². The summed E-state index contributed by atoms with van der Waals surface area (Å²) in [7, 11) is 5.35. The van der Waals surface area contributed by atoms with Crippen LogP contribution < -0.4 is 9.47 Å². The van der Waals surface area contributed by atoms with Gasteiger partial charge in [-0.25, -0.2) is 0 Å². The Morgan fingerprint density at radius 3 is 2.50 bits per heavy atom. The second-order valence-electron chi connectivity index (χ2n) is 7.70. The standard InChI is InChI=1S/C25H28N2O5/c1-5-15-32-19-11-9-17(10-12-19)23(28)21-22(18-7-6-8-20(16-18)31-4)27(14-13-26(2)3)25(30)24(21)29/h5-12,16,22,28H,1,13-15H2,2-4H3. The quantitative estimate of drug-likeness (QED) is 0.281. The number of likely N-dealkylation sites (tertiary alicyclic amines) is 1. The molecule has 1 fully saturated rings. The van der Waals surface area contributed by atoms with E-state index in [1.807, 2.05) is 25.1 Å². The van der Waals surface area contributed by atoms with Crippen molar-refractivity contribution in [2.24, 2.45) is 0 Å². The Labute approximate surface area is 188 Å². The average molecular weight is 437 g/mol. The summed E-state index contributed by atoms with van der Waals surface area (Å²) in [6.07, 6.45) is 1.64. The lowest BCUT2D eigenvalue weighted by Gasteiger charge is -2.26. The third-order valence-electron chi connectivity index (χ3n) is 5.23. The van der Waals surface area contributed by atoms with E-state index in [1.54, 1.807) is 55.7 Å². The van der Waals surface area contributed by atoms with E-state index in [4.69, 9.17) is 9.47 Å². The maximum Gasteiger partial charge on any atom is 0.295 e. The first-order chi connectivity index (χ1) is 15.4. The number of carbonyl (C=O) groups is 2. The Balaban J connectivity index is 2.08. The monoisotopic (exact) mass is 436 g/mol. The molecular formula is C25H28N2O5. The number of aliphatic hydroxyl groups is 1. The number of nitrogens with zero attached hydrogens (tertiary/aromatic N) is 2. The van der Waals surface area contributed by atoms with Gasteiger partial charge in [0, 0.05) is 18.7 Å². The molecule has 1 N–H and O–H groups in total. The molecule has 7 nitrogen and oxygen atoms in total. The largest absolute Gasteiger partial charge is 0.507 e. The Hall–Kier alpha value is -3.58. The molecule has 168 valence electrons. The van der Waals surface area contributed by atoms with Crippen LogP contribution in [0.1, 0.15) is 17.2 Å². The van der Waals surface area contributed by atoms with Crippen LogP contribution in [-0.2, 0) is 9.59 Å².